The highest BCUT2D eigenvalue weighted by molar-refractivity contribution is 7.89. The Morgan fingerprint density at radius 3 is 2.28 bits per heavy atom. The van der Waals surface area contributed by atoms with Gasteiger partial charge in [0.25, 0.3) is 5.91 Å². The fourth-order valence-corrected chi connectivity index (χ4v) is 5.01. The lowest BCUT2D eigenvalue weighted by atomic mass is 10.0. The molecule has 0 aliphatic rings. The average Bonchev–Trinajstić information content (AvgIpc) is 2.92. The summed E-state index contributed by atoms with van der Waals surface area (Å²) in [6.45, 7) is 0.242. The van der Waals surface area contributed by atoms with Crippen LogP contribution in [0, 0.1) is 0 Å². The van der Waals surface area contributed by atoms with Crippen LogP contribution in [0.5, 0.6) is 0 Å². The van der Waals surface area contributed by atoms with Crippen LogP contribution in [0.2, 0.25) is 0 Å². The van der Waals surface area contributed by atoms with E-state index in [2.05, 4.69) is 10.0 Å². The van der Waals surface area contributed by atoms with E-state index in [-0.39, 0.29) is 17.3 Å². The van der Waals surface area contributed by atoms with Crippen molar-refractivity contribution < 1.29 is 18.0 Å². The molecule has 4 rings (SSSR count). The van der Waals surface area contributed by atoms with Crippen molar-refractivity contribution in [3.63, 3.8) is 0 Å². The maximum absolute atomic E-state index is 13.2. The number of pyridine rings is 1. The lowest BCUT2D eigenvalue weighted by Crippen LogP contribution is -2.36. The number of aldehydes is 1. The number of hydrogen-bond acceptors (Lipinski definition) is 5. The minimum Gasteiger partial charge on any atom is -0.343 e. The largest absolute Gasteiger partial charge is 0.343 e. The van der Waals surface area contributed by atoms with Gasteiger partial charge in [-0.1, -0.05) is 66.7 Å². The summed E-state index contributed by atoms with van der Waals surface area (Å²) in [6, 6.07) is 26.2. The van der Waals surface area contributed by atoms with Crippen LogP contribution in [0.15, 0.2) is 95.9 Å². The molecule has 184 valence electrons. The normalized spacial score (nSPS) is 12.2. The van der Waals surface area contributed by atoms with Gasteiger partial charge in [0.05, 0.1) is 27.7 Å². The molecule has 0 fully saturated rings. The number of sulfonamides is 1. The molecule has 0 radical (unpaired) electrons. The Kier molecular flexibility index (Phi) is 8.20. The van der Waals surface area contributed by atoms with Gasteiger partial charge in [-0.25, -0.2) is 18.1 Å². The molecular weight excluding hydrogens is 474 g/mol. The highest BCUT2D eigenvalue weighted by Crippen LogP contribution is 2.25. The van der Waals surface area contributed by atoms with Crippen LogP contribution in [0.3, 0.4) is 0 Å². The van der Waals surface area contributed by atoms with Gasteiger partial charge in [-0.05, 0) is 43.5 Å². The lowest BCUT2D eigenvalue weighted by molar-refractivity contribution is -0.109. The van der Waals surface area contributed by atoms with Crippen LogP contribution in [0.4, 0.5) is 0 Å². The maximum atomic E-state index is 13.2. The molecule has 0 unspecified atom stereocenters. The predicted molar refractivity (Wildman–Crippen MR) is 140 cm³/mol. The molecule has 1 heterocycles. The molecule has 0 saturated heterocycles. The first-order valence-electron chi connectivity index (χ1n) is 11.7. The molecule has 3 aromatic carbocycles. The van der Waals surface area contributed by atoms with Gasteiger partial charge in [-0.2, -0.15) is 0 Å². The maximum Gasteiger partial charge on any atom is 0.252 e. The molecule has 0 bridgehead atoms. The summed E-state index contributed by atoms with van der Waals surface area (Å²) in [4.78, 5) is 29.8. The van der Waals surface area contributed by atoms with Gasteiger partial charge < -0.3 is 10.1 Å². The van der Waals surface area contributed by atoms with Crippen molar-refractivity contribution in [1.29, 1.82) is 0 Å². The first-order chi connectivity index (χ1) is 17.5. The summed E-state index contributed by atoms with van der Waals surface area (Å²) in [5.74, 6) is -0.354. The van der Waals surface area contributed by atoms with E-state index in [4.69, 9.17) is 4.98 Å². The third kappa shape index (κ3) is 6.21. The number of unbranched alkanes of at least 4 members (excludes halogenated alkanes) is 1. The average molecular weight is 502 g/mol. The SMILES string of the molecule is O=C[C@H](CCCCNS(=O)(=O)c1ccccc1)NC(=O)c1cc(-c2ccccc2)nc2ccccc12. The van der Waals surface area contributed by atoms with Gasteiger partial charge in [0.2, 0.25) is 10.0 Å². The number of amides is 1. The Hall–Kier alpha value is -3.88. The van der Waals surface area contributed by atoms with E-state index in [0.29, 0.717) is 47.7 Å². The van der Waals surface area contributed by atoms with Gasteiger partial charge in [-0.3, -0.25) is 4.79 Å². The molecule has 36 heavy (non-hydrogen) atoms. The third-order valence-corrected chi connectivity index (χ3v) is 7.28. The number of nitrogens with one attached hydrogen (secondary N) is 2. The Balaban J connectivity index is 1.39. The minimum absolute atomic E-state index is 0.211. The van der Waals surface area contributed by atoms with E-state index in [1.54, 1.807) is 24.3 Å². The molecular formula is C28H27N3O4S. The van der Waals surface area contributed by atoms with Crippen molar-refractivity contribution in [1.82, 2.24) is 15.0 Å². The number of carbonyl (C=O) groups excluding carboxylic acids is 2. The zero-order chi connectivity index (χ0) is 25.4. The lowest BCUT2D eigenvalue weighted by Gasteiger charge is -2.15. The third-order valence-electron chi connectivity index (χ3n) is 5.80. The number of benzene rings is 3. The van der Waals surface area contributed by atoms with Gasteiger partial charge in [0.1, 0.15) is 6.29 Å². The molecule has 0 aliphatic carbocycles. The van der Waals surface area contributed by atoms with Crippen molar-refractivity contribution in [2.24, 2.45) is 0 Å². The molecule has 8 heteroatoms. The van der Waals surface area contributed by atoms with Crippen molar-refractivity contribution in [3.05, 3.63) is 96.6 Å². The van der Waals surface area contributed by atoms with E-state index in [0.717, 1.165) is 5.56 Å². The fourth-order valence-electron chi connectivity index (χ4n) is 3.92. The molecule has 0 saturated carbocycles. The number of fused-ring (bicyclic) bond motifs is 1. The molecule has 7 nitrogen and oxygen atoms in total. The summed E-state index contributed by atoms with van der Waals surface area (Å²) in [5, 5.41) is 3.52. The van der Waals surface area contributed by atoms with Crippen LogP contribution in [0.25, 0.3) is 22.2 Å². The Bertz CT molecular complexity index is 1440. The molecule has 1 atom stereocenters. The second-order valence-corrected chi connectivity index (χ2v) is 10.1. The Labute approximate surface area is 210 Å². The number of nitrogens with zero attached hydrogens (tertiary/aromatic N) is 1. The second-order valence-electron chi connectivity index (χ2n) is 8.36. The first kappa shape index (κ1) is 25.2. The highest BCUT2D eigenvalue weighted by atomic mass is 32.2. The van der Waals surface area contributed by atoms with Crippen molar-refractivity contribution >= 4 is 33.1 Å². The zero-order valence-electron chi connectivity index (χ0n) is 19.6. The molecule has 2 N–H and O–H groups in total. The van der Waals surface area contributed by atoms with Crippen LogP contribution in [0.1, 0.15) is 29.6 Å². The predicted octanol–water partition coefficient (Wildman–Crippen LogP) is 4.35. The molecule has 4 aromatic rings. The summed E-state index contributed by atoms with van der Waals surface area (Å²) in [7, 11) is -3.56. The van der Waals surface area contributed by atoms with Crippen LogP contribution in [-0.4, -0.2) is 38.2 Å². The smallest absolute Gasteiger partial charge is 0.252 e. The second kappa shape index (κ2) is 11.7. The van der Waals surface area contributed by atoms with Crippen LogP contribution >= 0.6 is 0 Å². The van der Waals surface area contributed by atoms with E-state index in [1.807, 2.05) is 54.6 Å². The zero-order valence-corrected chi connectivity index (χ0v) is 20.4. The molecule has 0 aliphatic heterocycles. The van der Waals surface area contributed by atoms with E-state index < -0.39 is 16.1 Å². The van der Waals surface area contributed by atoms with Crippen molar-refractivity contribution in [2.45, 2.75) is 30.2 Å². The molecule has 0 spiro atoms. The molecule has 1 amide bonds. The van der Waals surface area contributed by atoms with Crippen molar-refractivity contribution in [3.8, 4) is 11.3 Å². The summed E-state index contributed by atoms with van der Waals surface area (Å²) in [5.41, 5.74) is 2.70. The summed E-state index contributed by atoms with van der Waals surface area (Å²) < 4.78 is 27.2. The standard InChI is InChI=1S/C28H27N3O4S/c32-20-22(13-9-10-18-29-36(34,35)23-14-5-2-6-15-23)30-28(33)25-19-27(21-11-3-1-4-12-21)31-26-17-8-7-16-24(25)26/h1-8,11-12,14-17,19-20,22,29H,9-10,13,18H2,(H,30,33)/t22-/m0/s1. The highest BCUT2D eigenvalue weighted by Gasteiger charge is 2.18. The van der Waals surface area contributed by atoms with E-state index >= 15 is 0 Å². The number of aromatic nitrogens is 1. The summed E-state index contributed by atoms with van der Waals surface area (Å²) >= 11 is 0. The Morgan fingerprint density at radius 1 is 0.889 bits per heavy atom. The Morgan fingerprint density at radius 2 is 1.56 bits per heavy atom. The van der Waals surface area contributed by atoms with Crippen molar-refractivity contribution in [2.75, 3.05) is 6.54 Å². The van der Waals surface area contributed by atoms with Crippen LogP contribution in [-0.2, 0) is 14.8 Å². The van der Waals surface area contributed by atoms with Crippen LogP contribution < -0.4 is 10.0 Å². The van der Waals surface area contributed by atoms with Gasteiger partial charge in [-0.15, -0.1) is 0 Å². The fraction of sp³-hybridized carbons (Fsp3) is 0.179. The molecule has 1 aromatic heterocycles. The number of rotatable bonds is 11. The summed E-state index contributed by atoms with van der Waals surface area (Å²) in [6.07, 6.45) is 2.21. The number of para-hydroxylation sites is 1. The minimum atomic E-state index is -3.56. The quantitative estimate of drug-likeness (QED) is 0.235. The monoisotopic (exact) mass is 501 g/mol. The number of carbonyl (C=O) groups is 2. The van der Waals surface area contributed by atoms with Gasteiger partial charge in [0, 0.05) is 17.5 Å². The van der Waals surface area contributed by atoms with E-state index in [9.17, 15) is 18.0 Å². The van der Waals surface area contributed by atoms with E-state index in [1.165, 1.54) is 12.1 Å². The number of hydrogen-bond donors (Lipinski definition) is 2. The first-order valence-corrected chi connectivity index (χ1v) is 13.2. The topological polar surface area (TPSA) is 105 Å². The van der Waals surface area contributed by atoms with Gasteiger partial charge in [0.15, 0.2) is 0 Å². The van der Waals surface area contributed by atoms with Gasteiger partial charge >= 0.3 is 0 Å².